The molecule has 0 aliphatic carbocycles. The lowest BCUT2D eigenvalue weighted by molar-refractivity contribution is 0.173. The summed E-state index contributed by atoms with van der Waals surface area (Å²) in [6.07, 6.45) is 0.294. The van der Waals surface area contributed by atoms with Crippen molar-refractivity contribution in [1.29, 1.82) is 0 Å². The number of ether oxygens (including phenoxy) is 1. The highest BCUT2D eigenvalue weighted by Gasteiger charge is 2.07. The molecular weight excluding hydrogens is 274 g/mol. The predicted molar refractivity (Wildman–Crippen MR) is 80.3 cm³/mol. The molecule has 0 spiro atoms. The summed E-state index contributed by atoms with van der Waals surface area (Å²) in [4.78, 5) is 6.27. The highest BCUT2D eigenvalue weighted by molar-refractivity contribution is 7.09. The molecule has 2 aromatic rings. The molecule has 0 saturated heterocycles. The molecule has 2 rings (SSSR count). The third kappa shape index (κ3) is 3.68. The number of hydrogen-bond acceptors (Lipinski definition) is 6. The zero-order valence-electron chi connectivity index (χ0n) is 11.9. The van der Waals surface area contributed by atoms with Crippen molar-refractivity contribution < 1.29 is 9.84 Å². The van der Waals surface area contributed by atoms with E-state index < -0.39 is 6.10 Å². The van der Waals surface area contributed by atoms with E-state index in [1.807, 2.05) is 50.2 Å². The van der Waals surface area contributed by atoms with Crippen LogP contribution >= 0.6 is 11.5 Å². The van der Waals surface area contributed by atoms with Crippen molar-refractivity contribution >= 4 is 16.7 Å². The fourth-order valence-corrected chi connectivity index (χ4v) is 2.24. The monoisotopic (exact) mass is 293 g/mol. The van der Waals surface area contributed by atoms with Gasteiger partial charge in [0.1, 0.15) is 12.4 Å². The predicted octanol–water partition coefficient (Wildman–Crippen LogP) is 2.63. The summed E-state index contributed by atoms with van der Waals surface area (Å²) in [7, 11) is 3.87. The summed E-state index contributed by atoms with van der Waals surface area (Å²) in [6.45, 7) is 2.30. The maximum Gasteiger partial charge on any atom is 0.204 e. The summed E-state index contributed by atoms with van der Waals surface area (Å²) in [5.41, 5.74) is 0.904. The van der Waals surface area contributed by atoms with Gasteiger partial charge in [-0.1, -0.05) is 19.1 Å². The van der Waals surface area contributed by atoms with Crippen LogP contribution in [0.5, 0.6) is 5.75 Å². The van der Waals surface area contributed by atoms with Gasteiger partial charge in [0.15, 0.2) is 5.82 Å². The van der Waals surface area contributed by atoms with Crippen LogP contribution in [0.3, 0.4) is 0 Å². The number of nitrogens with zero attached hydrogens (tertiary/aromatic N) is 3. The molecular formula is C14H19N3O2S. The Bertz CT molecular complexity index is 540. The first-order valence-electron chi connectivity index (χ1n) is 6.51. The Labute approximate surface area is 123 Å². The van der Waals surface area contributed by atoms with Gasteiger partial charge in [-0.15, -0.1) is 0 Å². The zero-order valence-corrected chi connectivity index (χ0v) is 12.7. The molecule has 1 atom stereocenters. The van der Waals surface area contributed by atoms with Crippen LogP contribution in [0, 0.1) is 0 Å². The molecule has 0 fully saturated rings. The van der Waals surface area contributed by atoms with Gasteiger partial charge in [-0.25, -0.2) is 0 Å². The van der Waals surface area contributed by atoms with Crippen LogP contribution in [0.4, 0.5) is 5.13 Å². The van der Waals surface area contributed by atoms with E-state index in [0.29, 0.717) is 18.9 Å². The van der Waals surface area contributed by atoms with Crippen LogP contribution in [0.1, 0.15) is 30.8 Å². The minimum absolute atomic E-state index is 0.347. The van der Waals surface area contributed by atoms with E-state index in [1.165, 1.54) is 11.5 Å². The minimum atomic E-state index is -0.410. The van der Waals surface area contributed by atoms with E-state index in [0.717, 1.165) is 16.4 Å². The number of rotatable bonds is 6. The van der Waals surface area contributed by atoms with Gasteiger partial charge in [-0.05, 0) is 24.1 Å². The van der Waals surface area contributed by atoms with Crippen molar-refractivity contribution in [2.45, 2.75) is 26.1 Å². The second kappa shape index (κ2) is 6.67. The third-order valence-electron chi connectivity index (χ3n) is 2.86. The van der Waals surface area contributed by atoms with Gasteiger partial charge in [0.2, 0.25) is 5.13 Å². The highest BCUT2D eigenvalue weighted by atomic mass is 32.1. The molecule has 1 unspecified atom stereocenters. The van der Waals surface area contributed by atoms with E-state index in [2.05, 4.69) is 9.36 Å². The smallest absolute Gasteiger partial charge is 0.204 e. The third-order valence-corrected chi connectivity index (χ3v) is 3.78. The molecule has 6 heteroatoms. The largest absolute Gasteiger partial charge is 0.486 e. The van der Waals surface area contributed by atoms with Crippen LogP contribution in [-0.2, 0) is 6.61 Å². The van der Waals surface area contributed by atoms with Gasteiger partial charge in [-0.3, -0.25) is 0 Å². The molecule has 1 aromatic carbocycles. The number of hydrogen-bond donors (Lipinski definition) is 1. The van der Waals surface area contributed by atoms with Crippen LogP contribution in [0.15, 0.2) is 24.3 Å². The van der Waals surface area contributed by atoms with Crippen LogP contribution in [-0.4, -0.2) is 28.6 Å². The lowest BCUT2D eigenvalue weighted by Gasteiger charge is -2.09. The van der Waals surface area contributed by atoms with Crippen molar-refractivity contribution in [3.05, 3.63) is 35.7 Å². The fraction of sp³-hybridized carbons (Fsp3) is 0.429. The molecule has 20 heavy (non-hydrogen) atoms. The first-order valence-corrected chi connectivity index (χ1v) is 7.28. The molecule has 0 radical (unpaired) electrons. The molecule has 108 valence electrons. The summed E-state index contributed by atoms with van der Waals surface area (Å²) in [5.74, 6) is 1.43. The van der Waals surface area contributed by atoms with Crippen LogP contribution in [0.2, 0.25) is 0 Å². The first kappa shape index (κ1) is 14.7. The van der Waals surface area contributed by atoms with Crippen molar-refractivity contribution in [2.24, 2.45) is 0 Å². The molecule has 1 aromatic heterocycles. The first-order chi connectivity index (χ1) is 9.60. The molecule has 0 aliphatic rings. The van der Waals surface area contributed by atoms with Crippen molar-refractivity contribution in [2.75, 3.05) is 19.0 Å². The molecule has 0 bridgehead atoms. The average Bonchev–Trinajstić information content (AvgIpc) is 2.94. The fourth-order valence-electron chi connectivity index (χ4n) is 1.65. The van der Waals surface area contributed by atoms with Gasteiger partial charge in [-0.2, -0.15) is 9.36 Å². The van der Waals surface area contributed by atoms with E-state index >= 15 is 0 Å². The van der Waals surface area contributed by atoms with E-state index in [1.54, 1.807) is 0 Å². The van der Waals surface area contributed by atoms with Crippen LogP contribution < -0.4 is 9.64 Å². The molecule has 1 heterocycles. The normalized spacial score (nSPS) is 12.2. The Morgan fingerprint density at radius 1 is 1.30 bits per heavy atom. The molecule has 1 N–H and O–H groups in total. The summed E-state index contributed by atoms with van der Waals surface area (Å²) >= 11 is 1.35. The molecule has 0 saturated carbocycles. The van der Waals surface area contributed by atoms with Crippen LogP contribution in [0.25, 0.3) is 0 Å². The standard InChI is InChI=1S/C14H19N3O2S/c1-4-12(18)10-5-7-11(8-6-10)19-9-13-15-14(17(2)3)20-16-13/h5-8,12,18H,4,9H2,1-3H3. The SMILES string of the molecule is CCC(O)c1ccc(OCc2nsc(N(C)C)n2)cc1. The van der Waals surface area contributed by atoms with E-state index in [9.17, 15) is 5.11 Å². The number of aliphatic hydroxyl groups excluding tert-OH is 1. The van der Waals surface area contributed by atoms with Gasteiger partial charge in [0.25, 0.3) is 0 Å². The summed E-state index contributed by atoms with van der Waals surface area (Å²) in [5, 5.41) is 10.6. The molecule has 0 aliphatic heterocycles. The van der Waals surface area contributed by atoms with Crippen molar-refractivity contribution in [3.8, 4) is 5.75 Å². The second-order valence-electron chi connectivity index (χ2n) is 4.67. The number of anilines is 1. The Kier molecular flexibility index (Phi) is 4.92. The average molecular weight is 293 g/mol. The molecule has 5 nitrogen and oxygen atoms in total. The Hall–Kier alpha value is -1.66. The lowest BCUT2D eigenvalue weighted by Crippen LogP contribution is -2.08. The van der Waals surface area contributed by atoms with Gasteiger partial charge < -0.3 is 14.7 Å². The number of aliphatic hydroxyl groups is 1. The number of aromatic nitrogens is 2. The summed E-state index contributed by atoms with van der Waals surface area (Å²) in [6, 6.07) is 7.47. The minimum Gasteiger partial charge on any atom is -0.486 e. The Morgan fingerprint density at radius 2 is 2.00 bits per heavy atom. The lowest BCUT2D eigenvalue weighted by atomic mass is 10.1. The summed E-state index contributed by atoms with van der Waals surface area (Å²) < 4.78 is 9.87. The van der Waals surface area contributed by atoms with Crippen molar-refractivity contribution in [3.63, 3.8) is 0 Å². The maximum atomic E-state index is 9.72. The van der Waals surface area contributed by atoms with E-state index in [4.69, 9.17) is 4.74 Å². The maximum absolute atomic E-state index is 9.72. The zero-order chi connectivity index (χ0) is 14.5. The quantitative estimate of drug-likeness (QED) is 0.887. The second-order valence-corrected chi connectivity index (χ2v) is 5.40. The Morgan fingerprint density at radius 3 is 2.55 bits per heavy atom. The Balaban J connectivity index is 1.93. The topological polar surface area (TPSA) is 58.5 Å². The van der Waals surface area contributed by atoms with Crippen molar-refractivity contribution in [1.82, 2.24) is 9.36 Å². The van der Waals surface area contributed by atoms with E-state index in [-0.39, 0.29) is 0 Å². The number of benzene rings is 1. The molecule has 0 amide bonds. The van der Waals surface area contributed by atoms with Gasteiger partial charge in [0, 0.05) is 25.6 Å². The van der Waals surface area contributed by atoms with Gasteiger partial charge in [0.05, 0.1) is 6.10 Å². The van der Waals surface area contributed by atoms with Gasteiger partial charge >= 0.3 is 0 Å². The highest BCUT2D eigenvalue weighted by Crippen LogP contribution is 2.21.